The highest BCUT2D eigenvalue weighted by Gasteiger charge is 2.33. The van der Waals surface area contributed by atoms with Gasteiger partial charge in [0.15, 0.2) is 0 Å². The molecule has 0 aromatic heterocycles. The fraction of sp³-hybridized carbons (Fsp3) is 0.143. The van der Waals surface area contributed by atoms with Crippen molar-refractivity contribution in [2.75, 3.05) is 7.11 Å². The van der Waals surface area contributed by atoms with Gasteiger partial charge in [-0.3, -0.25) is 0 Å². The van der Waals surface area contributed by atoms with Gasteiger partial charge in [0.2, 0.25) is 0 Å². The van der Waals surface area contributed by atoms with E-state index in [1.54, 1.807) is 0 Å². The zero-order chi connectivity index (χ0) is 14.0. The van der Waals surface area contributed by atoms with Gasteiger partial charge in [-0.25, -0.2) is 4.39 Å². The van der Waals surface area contributed by atoms with Gasteiger partial charge < -0.3 is 4.74 Å². The number of halogens is 4. The van der Waals surface area contributed by atoms with Crippen molar-refractivity contribution in [2.45, 2.75) is 6.18 Å². The highest BCUT2D eigenvalue weighted by Crippen LogP contribution is 2.38. The second kappa shape index (κ2) is 4.91. The van der Waals surface area contributed by atoms with Crippen LogP contribution in [0.5, 0.6) is 5.75 Å². The van der Waals surface area contributed by atoms with Crippen LogP contribution in [0.3, 0.4) is 0 Å². The summed E-state index contributed by atoms with van der Waals surface area (Å²) < 4.78 is 56.9. The summed E-state index contributed by atoms with van der Waals surface area (Å²) in [5.74, 6) is -0.305. The molecule has 0 fully saturated rings. The van der Waals surface area contributed by atoms with E-state index >= 15 is 0 Å². The Kier molecular flexibility index (Phi) is 3.46. The number of rotatable bonds is 2. The lowest BCUT2D eigenvalue weighted by Crippen LogP contribution is -2.07. The van der Waals surface area contributed by atoms with E-state index in [4.69, 9.17) is 4.74 Å². The minimum atomic E-state index is -4.51. The van der Waals surface area contributed by atoms with Crippen LogP contribution in [0, 0.1) is 5.82 Å². The number of ether oxygens (including phenoxy) is 1. The Morgan fingerprint density at radius 3 is 2.32 bits per heavy atom. The van der Waals surface area contributed by atoms with Gasteiger partial charge in [-0.05, 0) is 41.5 Å². The molecule has 0 aliphatic rings. The number of benzene rings is 2. The molecule has 0 amide bonds. The van der Waals surface area contributed by atoms with Crippen molar-refractivity contribution < 1.29 is 22.3 Å². The molecule has 0 spiro atoms. The molecule has 2 aromatic rings. The SMILES string of the molecule is COc1ccc(C(F)(F)F)c(-c2cccc(F)c2)c1. The summed E-state index contributed by atoms with van der Waals surface area (Å²) in [5.41, 5.74) is -0.767. The molecule has 0 saturated heterocycles. The molecule has 0 radical (unpaired) electrons. The van der Waals surface area contributed by atoms with Crippen LogP contribution in [0.2, 0.25) is 0 Å². The number of methoxy groups -OCH3 is 1. The van der Waals surface area contributed by atoms with E-state index < -0.39 is 17.6 Å². The molecule has 0 aliphatic heterocycles. The Hall–Kier alpha value is -2.04. The molecular formula is C14H10F4O. The average Bonchev–Trinajstić information content (AvgIpc) is 2.37. The molecule has 5 heteroatoms. The van der Waals surface area contributed by atoms with Crippen LogP contribution in [0.4, 0.5) is 17.6 Å². The molecule has 2 aromatic carbocycles. The second-order valence-corrected chi connectivity index (χ2v) is 3.92. The second-order valence-electron chi connectivity index (χ2n) is 3.92. The number of hydrogen-bond donors (Lipinski definition) is 0. The summed E-state index contributed by atoms with van der Waals surface area (Å²) >= 11 is 0. The third-order valence-electron chi connectivity index (χ3n) is 2.67. The molecule has 0 heterocycles. The van der Waals surface area contributed by atoms with Gasteiger partial charge >= 0.3 is 6.18 Å². The number of hydrogen-bond acceptors (Lipinski definition) is 1. The van der Waals surface area contributed by atoms with E-state index in [9.17, 15) is 17.6 Å². The largest absolute Gasteiger partial charge is 0.497 e. The third-order valence-corrected chi connectivity index (χ3v) is 2.67. The van der Waals surface area contributed by atoms with Crippen molar-refractivity contribution in [2.24, 2.45) is 0 Å². The molecule has 2 rings (SSSR count). The number of alkyl halides is 3. The summed E-state index contributed by atoms with van der Waals surface area (Å²) in [6, 6.07) is 8.43. The Labute approximate surface area is 107 Å². The lowest BCUT2D eigenvalue weighted by Gasteiger charge is -2.14. The highest BCUT2D eigenvalue weighted by atomic mass is 19.4. The minimum Gasteiger partial charge on any atom is -0.497 e. The maximum absolute atomic E-state index is 13.2. The summed E-state index contributed by atoms with van der Waals surface area (Å²) in [5, 5.41) is 0. The predicted molar refractivity (Wildman–Crippen MR) is 63.4 cm³/mol. The van der Waals surface area contributed by atoms with Crippen LogP contribution in [-0.2, 0) is 6.18 Å². The van der Waals surface area contributed by atoms with E-state index in [0.717, 1.165) is 12.1 Å². The van der Waals surface area contributed by atoms with Crippen molar-refractivity contribution >= 4 is 0 Å². The van der Waals surface area contributed by atoms with Gasteiger partial charge in [-0.15, -0.1) is 0 Å². The molecule has 19 heavy (non-hydrogen) atoms. The van der Waals surface area contributed by atoms with Crippen molar-refractivity contribution in [3.8, 4) is 16.9 Å². The normalized spacial score (nSPS) is 11.4. The van der Waals surface area contributed by atoms with Crippen LogP contribution >= 0.6 is 0 Å². The maximum atomic E-state index is 13.2. The predicted octanol–water partition coefficient (Wildman–Crippen LogP) is 4.52. The molecule has 0 N–H and O–H groups in total. The summed E-state index contributed by atoms with van der Waals surface area (Å²) in [7, 11) is 1.36. The van der Waals surface area contributed by atoms with Crippen molar-refractivity contribution in [3.63, 3.8) is 0 Å². The van der Waals surface area contributed by atoms with Gasteiger partial charge in [0.1, 0.15) is 11.6 Å². The lowest BCUT2D eigenvalue weighted by atomic mass is 9.99. The summed E-state index contributed by atoms with van der Waals surface area (Å²) in [6.07, 6.45) is -4.51. The van der Waals surface area contributed by atoms with E-state index in [1.165, 1.54) is 37.4 Å². The van der Waals surface area contributed by atoms with Crippen LogP contribution in [0.25, 0.3) is 11.1 Å². The zero-order valence-corrected chi connectivity index (χ0v) is 9.96. The van der Waals surface area contributed by atoms with E-state index in [0.29, 0.717) is 0 Å². The molecular weight excluding hydrogens is 260 g/mol. The van der Waals surface area contributed by atoms with Gasteiger partial charge in [0.05, 0.1) is 12.7 Å². The molecule has 0 atom stereocenters. The van der Waals surface area contributed by atoms with E-state index in [1.807, 2.05) is 0 Å². The molecule has 1 nitrogen and oxygen atoms in total. The summed E-state index contributed by atoms with van der Waals surface area (Å²) in [4.78, 5) is 0. The van der Waals surface area contributed by atoms with Gasteiger partial charge in [-0.2, -0.15) is 13.2 Å². The smallest absolute Gasteiger partial charge is 0.417 e. The Balaban J connectivity index is 2.65. The standard InChI is InChI=1S/C14H10F4O/c1-19-11-5-6-13(14(16,17)18)12(8-11)9-3-2-4-10(15)7-9/h2-8H,1H3. The first-order chi connectivity index (χ1) is 8.91. The Morgan fingerprint density at radius 2 is 1.74 bits per heavy atom. The summed E-state index contributed by atoms with van der Waals surface area (Å²) in [6.45, 7) is 0. The fourth-order valence-electron chi connectivity index (χ4n) is 1.79. The molecule has 0 aliphatic carbocycles. The first kappa shape index (κ1) is 13.4. The van der Waals surface area contributed by atoms with Crippen LogP contribution in [-0.4, -0.2) is 7.11 Å². The maximum Gasteiger partial charge on any atom is 0.417 e. The van der Waals surface area contributed by atoms with Crippen molar-refractivity contribution in [1.29, 1.82) is 0 Å². The minimum absolute atomic E-state index is 0.105. The van der Waals surface area contributed by atoms with E-state index in [-0.39, 0.29) is 16.9 Å². The zero-order valence-electron chi connectivity index (χ0n) is 9.96. The fourth-order valence-corrected chi connectivity index (χ4v) is 1.79. The van der Waals surface area contributed by atoms with Crippen LogP contribution in [0.15, 0.2) is 42.5 Å². The monoisotopic (exact) mass is 270 g/mol. The average molecular weight is 270 g/mol. The molecule has 0 bridgehead atoms. The van der Waals surface area contributed by atoms with Gasteiger partial charge in [0, 0.05) is 0 Å². The van der Waals surface area contributed by atoms with Crippen LogP contribution < -0.4 is 4.74 Å². The van der Waals surface area contributed by atoms with Gasteiger partial charge in [-0.1, -0.05) is 12.1 Å². The van der Waals surface area contributed by atoms with Gasteiger partial charge in [0.25, 0.3) is 0 Å². The van der Waals surface area contributed by atoms with Crippen LogP contribution in [0.1, 0.15) is 5.56 Å². The highest BCUT2D eigenvalue weighted by molar-refractivity contribution is 5.69. The quantitative estimate of drug-likeness (QED) is 0.729. The van der Waals surface area contributed by atoms with Crippen molar-refractivity contribution in [1.82, 2.24) is 0 Å². The Morgan fingerprint density at radius 1 is 1.00 bits per heavy atom. The Bertz CT molecular complexity index is 590. The third kappa shape index (κ3) is 2.86. The topological polar surface area (TPSA) is 9.23 Å². The molecule has 0 unspecified atom stereocenters. The lowest BCUT2D eigenvalue weighted by molar-refractivity contribution is -0.137. The molecule has 100 valence electrons. The molecule has 0 saturated carbocycles. The van der Waals surface area contributed by atoms with E-state index in [2.05, 4.69) is 0 Å². The first-order valence-electron chi connectivity index (χ1n) is 5.43. The first-order valence-corrected chi connectivity index (χ1v) is 5.43. The van der Waals surface area contributed by atoms with Crippen molar-refractivity contribution in [3.05, 3.63) is 53.8 Å².